The average Bonchev–Trinajstić information content (AvgIpc) is 2.59. The predicted molar refractivity (Wildman–Crippen MR) is 71.0 cm³/mol. The molecule has 12 heteroatoms. The van der Waals surface area contributed by atoms with Crippen molar-refractivity contribution in [2.75, 3.05) is 13.2 Å². The summed E-state index contributed by atoms with van der Waals surface area (Å²) in [7, 11) is 0. The molecule has 24 heavy (non-hydrogen) atoms. The SMILES string of the molecule is O=C[C@H](O)[C@@H](O)[C@H](OC1(O)O[C@H](CO)[C@H](O)[C@H](O)[C@H]1O)[C@H](O)CO. The van der Waals surface area contributed by atoms with Crippen molar-refractivity contribution in [2.45, 2.75) is 54.8 Å². The van der Waals surface area contributed by atoms with Crippen molar-refractivity contribution in [1.82, 2.24) is 0 Å². The third-order valence-corrected chi connectivity index (χ3v) is 3.63. The van der Waals surface area contributed by atoms with Crippen LogP contribution in [0.3, 0.4) is 0 Å². The highest BCUT2D eigenvalue weighted by Crippen LogP contribution is 2.31. The summed E-state index contributed by atoms with van der Waals surface area (Å²) in [6.07, 6.45) is -16.1. The lowest BCUT2D eigenvalue weighted by atomic mass is 9.97. The van der Waals surface area contributed by atoms with Crippen LogP contribution < -0.4 is 0 Å². The van der Waals surface area contributed by atoms with E-state index in [9.17, 15) is 40.5 Å². The first-order valence-electron chi connectivity index (χ1n) is 6.96. The lowest BCUT2D eigenvalue weighted by Gasteiger charge is -2.46. The van der Waals surface area contributed by atoms with E-state index in [0.29, 0.717) is 0 Å². The van der Waals surface area contributed by atoms with Crippen LogP contribution in [-0.4, -0.2) is 120 Å². The minimum Gasteiger partial charge on any atom is -0.394 e. The molecule has 0 amide bonds. The smallest absolute Gasteiger partial charge is 0.311 e. The van der Waals surface area contributed by atoms with E-state index in [1.807, 2.05) is 0 Å². The second-order valence-electron chi connectivity index (χ2n) is 5.35. The number of hydrogen-bond donors (Lipinski definition) is 9. The van der Waals surface area contributed by atoms with Crippen molar-refractivity contribution in [1.29, 1.82) is 0 Å². The Morgan fingerprint density at radius 3 is 2.17 bits per heavy atom. The van der Waals surface area contributed by atoms with Crippen molar-refractivity contribution >= 4 is 6.29 Å². The van der Waals surface area contributed by atoms with Crippen LogP contribution in [0.4, 0.5) is 0 Å². The third kappa shape index (κ3) is 4.25. The molecule has 0 aromatic heterocycles. The summed E-state index contributed by atoms with van der Waals surface area (Å²) >= 11 is 0. The van der Waals surface area contributed by atoms with E-state index in [4.69, 9.17) is 19.7 Å². The second-order valence-corrected chi connectivity index (χ2v) is 5.35. The van der Waals surface area contributed by atoms with Gasteiger partial charge >= 0.3 is 5.97 Å². The van der Waals surface area contributed by atoms with Gasteiger partial charge in [0.25, 0.3) is 0 Å². The van der Waals surface area contributed by atoms with Gasteiger partial charge in [0.2, 0.25) is 0 Å². The minimum absolute atomic E-state index is 0.109. The zero-order chi connectivity index (χ0) is 18.7. The topological polar surface area (TPSA) is 218 Å². The Morgan fingerprint density at radius 2 is 1.71 bits per heavy atom. The van der Waals surface area contributed by atoms with E-state index in [-0.39, 0.29) is 6.29 Å². The summed E-state index contributed by atoms with van der Waals surface area (Å²) in [6.45, 7) is -1.93. The highest BCUT2D eigenvalue weighted by molar-refractivity contribution is 5.56. The molecular weight excluding hydrogens is 336 g/mol. The van der Waals surface area contributed by atoms with Gasteiger partial charge in [0.15, 0.2) is 12.4 Å². The molecule has 0 aromatic rings. The summed E-state index contributed by atoms with van der Waals surface area (Å²) in [5.74, 6) is -3.14. The molecule has 1 rings (SSSR count). The molecule has 0 saturated carbocycles. The number of aliphatic hydroxyl groups excluding tert-OH is 8. The molecule has 1 fully saturated rings. The number of ether oxygens (including phenoxy) is 2. The Bertz CT molecular complexity index is 405. The van der Waals surface area contributed by atoms with Gasteiger partial charge in [-0.2, -0.15) is 0 Å². The predicted octanol–water partition coefficient (Wildman–Crippen LogP) is -6.23. The molecule has 1 aliphatic heterocycles. The van der Waals surface area contributed by atoms with Crippen LogP contribution in [0.5, 0.6) is 0 Å². The molecule has 9 N–H and O–H groups in total. The second kappa shape index (κ2) is 8.55. The quantitative estimate of drug-likeness (QED) is 0.146. The number of hydrogen-bond acceptors (Lipinski definition) is 12. The maximum absolute atomic E-state index is 10.5. The van der Waals surface area contributed by atoms with E-state index < -0.39 is 68.0 Å². The number of rotatable bonds is 8. The standard InChI is InChI=1S/C12H22O12/c13-1-4(16)7(18)10(5(17)2-14)24-12(22)11(21)9(20)8(19)6(3-15)23-12/h1,4-11,14-22H,2-3H2/t4-,5+,6+,7+,8-,9-,10+,11+,12?/m0/s1. The molecule has 0 radical (unpaired) electrons. The first kappa shape index (κ1) is 21.3. The normalized spacial score (nSPS) is 39.0. The first-order valence-corrected chi connectivity index (χ1v) is 6.96. The van der Waals surface area contributed by atoms with E-state index in [1.54, 1.807) is 0 Å². The molecule has 1 unspecified atom stereocenters. The highest BCUT2D eigenvalue weighted by Gasteiger charge is 2.56. The Morgan fingerprint density at radius 1 is 1.12 bits per heavy atom. The van der Waals surface area contributed by atoms with Crippen molar-refractivity contribution in [3.8, 4) is 0 Å². The van der Waals surface area contributed by atoms with Crippen molar-refractivity contribution in [3.63, 3.8) is 0 Å². The van der Waals surface area contributed by atoms with Gasteiger partial charge in [-0.05, 0) is 0 Å². The van der Waals surface area contributed by atoms with Crippen molar-refractivity contribution < 1.29 is 60.2 Å². The summed E-state index contributed by atoms with van der Waals surface area (Å²) < 4.78 is 9.56. The van der Waals surface area contributed by atoms with Gasteiger partial charge < -0.3 is 60.2 Å². The van der Waals surface area contributed by atoms with E-state index in [2.05, 4.69) is 0 Å². The summed E-state index contributed by atoms with van der Waals surface area (Å²) in [5, 5.41) is 86.0. The van der Waals surface area contributed by atoms with Crippen LogP contribution in [-0.2, 0) is 14.3 Å². The summed E-state index contributed by atoms with van der Waals surface area (Å²) in [6, 6.07) is 0. The van der Waals surface area contributed by atoms with Crippen LogP contribution >= 0.6 is 0 Å². The molecule has 9 atom stereocenters. The van der Waals surface area contributed by atoms with Gasteiger partial charge in [0.1, 0.15) is 42.7 Å². The van der Waals surface area contributed by atoms with E-state index in [1.165, 1.54) is 0 Å². The van der Waals surface area contributed by atoms with Crippen LogP contribution in [0.15, 0.2) is 0 Å². The summed E-state index contributed by atoms with van der Waals surface area (Å²) in [5.41, 5.74) is 0. The van der Waals surface area contributed by atoms with E-state index >= 15 is 0 Å². The van der Waals surface area contributed by atoms with Gasteiger partial charge in [0.05, 0.1) is 13.2 Å². The zero-order valence-corrected chi connectivity index (χ0v) is 12.4. The zero-order valence-electron chi connectivity index (χ0n) is 12.4. The molecule has 0 aliphatic carbocycles. The monoisotopic (exact) mass is 358 g/mol. The largest absolute Gasteiger partial charge is 0.394 e. The van der Waals surface area contributed by atoms with Gasteiger partial charge in [-0.1, -0.05) is 0 Å². The van der Waals surface area contributed by atoms with Gasteiger partial charge in [-0.3, -0.25) is 0 Å². The van der Waals surface area contributed by atoms with Crippen LogP contribution in [0.2, 0.25) is 0 Å². The molecule has 0 spiro atoms. The number of aliphatic hydroxyl groups is 9. The van der Waals surface area contributed by atoms with Crippen molar-refractivity contribution in [2.24, 2.45) is 0 Å². The Kier molecular flexibility index (Phi) is 7.58. The fraction of sp³-hybridized carbons (Fsp3) is 0.917. The molecule has 1 saturated heterocycles. The minimum atomic E-state index is -3.14. The average molecular weight is 358 g/mol. The van der Waals surface area contributed by atoms with Crippen LogP contribution in [0.25, 0.3) is 0 Å². The number of carbonyl (C=O) groups excluding carboxylic acids is 1. The van der Waals surface area contributed by atoms with Crippen LogP contribution in [0, 0.1) is 0 Å². The number of carbonyl (C=O) groups is 1. The van der Waals surface area contributed by atoms with Gasteiger partial charge in [0, 0.05) is 0 Å². The molecular formula is C12H22O12. The Hall–Kier alpha value is -0.770. The maximum Gasteiger partial charge on any atom is 0.311 e. The highest BCUT2D eigenvalue weighted by atomic mass is 16.8. The van der Waals surface area contributed by atoms with E-state index in [0.717, 1.165) is 0 Å². The number of aldehydes is 1. The third-order valence-electron chi connectivity index (χ3n) is 3.63. The maximum atomic E-state index is 10.5. The molecule has 1 aliphatic rings. The molecule has 1 heterocycles. The van der Waals surface area contributed by atoms with Gasteiger partial charge in [-0.25, -0.2) is 0 Å². The summed E-state index contributed by atoms with van der Waals surface area (Å²) in [4.78, 5) is 10.5. The van der Waals surface area contributed by atoms with Crippen LogP contribution in [0.1, 0.15) is 0 Å². The van der Waals surface area contributed by atoms with Gasteiger partial charge in [-0.15, -0.1) is 0 Å². The lowest BCUT2D eigenvalue weighted by molar-refractivity contribution is -0.465. The van der Waals surface area contributed by atoms with Crippen molar-refractivity contribution in [3.05, 3.63) is 0 Å². The first-order chi connectivity index (χ1) is 11.1. The molecule has 142 valence electrons. The molecule has 0 aromatic carbocycles. The molecule has 12 nitrogen and oxygen atoms in total. The Balaban J connectivity index is 3.07. The Labute approximate surface area is 135 Å². The fourth-order valence-corrected chi connectivity index (χ4v) is 2.17. The molecule has 0 bridgehead atoms. The fourth-order valence-electron chi connectivity index (χ4n) is 2.17. The lowest BCUT2D eigenvalue weighted by Crippen LogP contribution is -2.68.